The smallest absolute Gasteiger partial charge is 0.127 e. The van der Waals surface area contributed by atoms with Crippen LogP contribution >= 0.6 is 0 Å². The Bertz CT molecular complexity index is 695. The van der Waals surface area contributed by atoms with Crippen LogP contribution in [-0.4, -0.2) is 31.5 Å². The van der Waals surface area contributed by atoms with E-state index in [0.29, 0.717) is 12.1 Å². The SMILES string of the molecule is CC(NC1CCOC2(CCOC2)C1)c1ccc(Oc2ccccc2)cc1. The van der Waals surface area contributed by atoms with Crippen molar-refractivity contribution in [3.05, 3.63) is 60.2 Å². The monoisotopic (exact) mass is 353 g/mol. The molecule has 0 aromatic heterocycles. The molecule has 1 N–H and O–H groups in total. The second kappa shape index (κ2) is 7.78. The predicted octanol–water partition coefficient (Wildman–Crippen LogP) is 4.47. The highest BCUT2D eigenvalue weighted by Gasteiger charge is 2.41. The summed E-state index contributed by atoms with van der Waals surface area (Å²) in [4.78, 5) is 0. The molecule has 138 valence electrons. The van der Waals surface area contributed by atoms with E-state index in [2.05, 4.69) is 24.4 Å². The van der Waals surface area contributed by atoms with Gasteiger partial charge in [-0.1, -0.05) is 30.3 Å². The molecule has 2 aromatic rings. The molecule has 0 bridgehead atoms. The van der Waals surface area contributed by atoms with Gasteiger partial charge in [-0.2, -0.15) is 0 Å². The maximum Gasteiger partial charge on any atom is 0.127 e. The van der Waals surface area contributed by atoms with Crippen molar-refractivity contribution in [2.24, 2.45) is 0 Å². The zero-order valence-corrected chi connectivity index (χ0v) is 15.3. The van der Waals surface area contributed by atoms with Crippen molar-refractivity contribution in [3.63, 3.8) is 0 Å². The van der Waals surface area contributed by atoms with Gasteiger partial charge < -0.3 is 19.5 Å². The first-order valence-electron chi connectivity index (χ1n) is 9.53. The first-order valence-corrected chi connectivity index (χ1v) is 9.53. The predicted molar refractivity (Wildman–Crippen MR) is 102 cm³/mol. The van der Waals surface area contributed by atoms with Crippen molar-refractivity contribution in [3.8, 4) is 11.5 Å². The second-order valence-corrected chi connectivity index (χ2v) is 7.40. The summed E-state index contributed by atoms with van der Waals surface area (Å²) < 4.78 is 17.5. The van der Waals surface area contributed by atoms with Crippen molar-refractivity contribution < 1.29 is 14.2 Å². The van der Waals surface area contributed by atoms with Crippen LogP contribution in [0.2, 0.25) is 0 Å². The van der Waals surface area contributed by atoms with Gasteiger partial charge in [-0.15, -0.1) is 0 Å². The minimum Gasteiger partial charge on any atom is -0.457 e. The Morgan fingerprint density at radius 3 is 2.54 bits per heavy atom. The molecule has 2 aromatic carbocycles. The summed E-state index contributed by atoms with van der Waals surface area (Å²) >= 11 is 0. The van der Waals surface area contributed by atoms with Crippen molar-refractivity contribution in [1.29, 1.82) is 0 Å². The van der Waals surface area contributed by atoms with E-state index in [1.165, 1.54) is 5.56 Å². The average molecular weight is 353 g/mol. The van der Waals surface area contributed by atoms with Gasteiger partial charge in [0.25, 0.3) is 0 Å². The summed E-state index contributed by atoms with van der Waals surface area (Å²) in [7, 11) is 0. The largest absolute Gasteiger partial charge is 0.457 e. The van der Waals surface area contributed by atoms with Crippen LogP contribution in [0.15, 0.2) is 54.6 Å². The van der Waals surface area contributed by atoms with E-state index in [4.69, 9.17) is 14.2 Å². The number of hydrogen-bond donors (Lipinski definition) is 1. The maximum atomic E-state index is 6.03. The Labute approximate surface area is 155 Å². The van der Waals surface area contributed by atoms with Gasteiger partial charge in [0.2, 0.25) is 0 Å². The van der Waals surface area contributed by atoms with E-state index in [0.717, 1.165) is 50.6 Å². The van der Waals surface area contributed by atoms with Crippen LogP contribution in [0.4, 0.5) is 0 Å². The van der Waals surface area contributed by atoms with Gasteiger partial charge in [-0.05, 0) is 49.6 Å². The van der Waals surface area contributed by atoms with E-state index in [1.54, 1.807) is 0 Å². The zero-order chi connectivity index (χ0) is 17.8. The molecule has 4 nitrogen and oxygen atoms in total. The van der Waals surface area contributed by atoms with Crippen molar-refractivity contribution >= 4 is 0 Å². The highest BCUT2D eigenvalue weighted by atomic mass is 16.6. The molecule has 3 unspecified atom stereocenters. The molecular formula is C22H27NO3. The first kappa shape index (κ1) is 17.5. The molecule has 3 atom stereocenters. The Kier molecular flexibility index (Phi) is 5.25. The van der Waals surface area contributed by atoms with Crippen LogP contribution in [0.25, 0.3) is 0 Å². The number of hydrogen-bond acceptors (Lipinski definition) is 4. The van der Waals surface area contributed by atoms with Crippen LogP contribution in [0.3, 0.4) is 0 Å². The summed E-state index contributed by atoms with van der Waals surface area (Å²) in [6, 6.07) is 19.0. The van der Waals surface area contributed by atoms with Gasteiger partial charge in [0.15, 0.2) is 0 Å². The minimum absolute atomic E-state index is 0.0526. The molecule has 0 aliphatic carbocycles. The lowest BCUT2D eigenvalue weighted by Gasteiger charge is -2.38. The van der Waals surface area contributed by atoms with E-state index in [-0.39, 0.29) is 5.60 Å². The summed E-state index contributed by atoms with van der Waals surface area (Å²) in [5, 5.41) is 3.78. The average Bonchev–Trinajstić information content (AvgIpc) is 3.10. The van der Waals surface area contributed by atoms with Gasteiger partial charge >= 0.3 is 0 Å². The third-order valence-electron chi connectivity index (χ3n) is 5.40. The quantitative estimate of drug-likeness (QED) is 0.861. The lowest BCUT2D eigenvalue weighted by molar-refractivity contribution is -0.0902. The lowest BCUT2D eigenvalue weighted by Crippen LogP contribution is -2.48. The highest BCUT2D eigenvalue weighted by molar-refractivity contribution is 5.33. The van der Waals surface area contributed by atoms with Crippen molar-refractivity contribution in [2.75, 3.05) is 19.8 Å². The fourth-order valence-corrected chi connectivity index (χ4v) is 3.93. The van der Waals surface area contributed by atoms with Crippen molar-refractivity contribution in [1.82, 2.24) is 5.32 Å². The molecule has 2 heterocycles. The standard InChI is InChI=1S/C22H27NO3/c1-17(23-19-11-13-25-22(15-19)12-14-24-16-22)18-7-9-21(10-8-18)26-20-5-3-2-4-6-20/h2-10,17,19,23H,11-16H2,1H3. The molecule has 4 heteroatoms. The lowest BCUT2D eigenvalue weighted by atomic mass is 9.89. The molecule has 1 spiro atoms. The van der Waals surface area contributed by atoms with E-state index < -0.39 is 0 Å². The Morgan fingerprint density at radius 1 is 1.04 bits per heavy atom. The maximum absolute atomic E-state index is 6.03. The number of nitrogens with one attached hydrogen (secondary N) is 1. The van der Waals surface area contributed by atoms with Gasteiger partial charge in [0.05, 0.1) is 12.2 Å². The molecule has 2 fully saturated rings. The van der Waals surface area contributed by atoms with Crippen LogP contribution in [0.1, 0.15) is 37.8 Å². The third-order valence-corrected chi connectivity index (χ3v) is 5.40. The van der Waals surface area contributed by atoms with Crippen LogP contribution in [-0.2, 0) is 9.47 Å². The summed E-state index contributed by atoms with van der Waals surface area (Å²) in [5.74, 6) is 1.72. The first-order chi connectivity index (χ1) is 12.7. The molecule has 0 saturated carbocycles. The fourth-order valence-electron chi connectivity index (χ4n) is 3.93. The van der Waals surface area contributed by atoms with Gasteiger partial charge in [0.1, 0.15) is 11.5 Å². The van der Waals surface area contributed by atoms with E-state index >= 15 is 0 Å². The van der Waals surface area contributed by atoms with E-state index in [9.17, 15) is 0 Å². The Hall–Kier alpha value is -1.88. The second-order valence-electron chi connectivity index (χ2n) is 7.40. The Balaban J connectivity index is 1.35. The van der Waals surface area contributed by atoms with Gasteiger partial charge in [-0.3, -0.25) is 0 Å². The number of benzene rings is 2. The highest BCUT2D eigenvalue weighted by Crippen LogP contribution is 2.33. The molecule has 2 aliphatic heterocycles. The molecular weight excluding hydrogens is 326 g/mol. The molecule has 2 saturated heterocycles. The van der Waals surface area contributed by atoms with Crippen LogP contribution < -0.4 is 10.1 Å². The number of rotatable bonds is 5. The summed E-state index contributed by atoms with van der Waals surface area (Å²) in [6.07, 6.45) is 3.11. The van der Waals surface area contributed by atoms with Crippen molar-refractivity contribution in [2.45, 2.75) is 43.9 Å². The van der Waals surface area contributed by atoms with Gasteiger partial charge in [-0.25, -0.2) is 0 Å². The molecule has 2 aliphatic rings. The minimum atomic E-state index is -0.0526. The molecule has 0 radical (unpaired) electrons. The summed E-state index contributed by atoms with van der Waals surface area (Å²) in [6.45, 7) is 4.61. The number of para-hydroxylation sites is 1. The number of ether oxygens (including phenoxy) is 3. The topological polar surface area (TPSA) is 39.7 Å². The molecule has 4 rings (SSSR count). The third kappa shape index (κ3) is 4.09. The molecule has 26 heavy (non-hydrogen) atoms. The van der Waals surface area contributed by atoms with Crippen LogP contribution in [0, 0.1) is 0 Å². The fraction of sp³-hybridized carbons (Fsp3) is 0.455. The zero-order valence-electron chi connectivity index (χ0n) is 15.3. The van der Waals surface area contributed by atoms with Gasteiger partial charge in [0, 0.05) is 31.7 Å². The Morgan fingerprint density at radius 2 is 1.81 bits per heavy atom. The van der Waals surface area contributed by atoms with E-state index in [1.807, 2.05) is 42.5 Å². The normalized spacial score (nSPS) is 26.7. The van der Waals surface area contributed by atoms with Crippen LogP contribution in [0.5, 0.6) is 11.5 Å². The summed E-state index contributed by atoms with van der Waals surface area (Å²) in [5.41, 5.74) is 1.22. The molecule has 0 amide bonds.